The van der Waals surface area contributed by atoms with E-state index in [1.165, 1.54) is 6.20 Å². The van der Waals surface area contributed by atoms with Gasteiger partial charge in [0, 0.05) is 18.5 Å². The molecule has 1 aromatic heterocycles. The van der Waals surface area contributed by atoms with Crippen molar-refractivity contribution in [1.29, 1.82) is 0 Å². The average Bonchev–Trinajstić information content (AvgIpc) is 3.05. The molecule has 0 aromatic carbocycles. The van der Waals surface area contributed by atoms with Crippen LogP contribution in [-0.4, -0.2) is 47.6 Å². The minimum atomic E-state index is -0.375. The number of nitrogens with zero attached hydrogens (tertiary/aromatic N) is 3. The molecule has 2 rings (SSSR count). The van der Waals surface area contributed by atoms with Crippen LogP contribution in [0.1, 0.15) is 23.3 Å². The van der Waals surface area contributed by atoms with Crippen LogP contribution >= 0.6 is 11.6 Å². The zero-order chi connectivity index (χ0) is 13.3. The first-order valence-corrected chi connectivity index (χ1v) is 6.49. The topological polar surface area (TPSA) is 64.2 Å². The summed E-state index contributed by atoms with van der Waals surface area (Å²) < 4.78 is 1.69. The summed E-state index contributed by atoms with van der Waals surface area (Å²) in [5.41, 5.74) is 5.84. The molecule has 1 aliphatic carbocycles. The SMILES string of the molecule is CN(C)CCn1ncc(Cl)c1C(=O)C1(CN)CC1. The number of carbonyl (C=O) groups is 1. The molecular formula is C12H19ClN4O. The van der Waals surface area contributed by atoms with Crippen LogP contribution in [0.4, 0.5) is 0 Å². The lowest BCUT2D eigenvalue weighted by atomic mass is 9.98. The van der Waals surface area contributed by atoms with Crippen molar-refractivity contribution in [2.75, 3.05) is 27.2 Å². The maximum absolute atomic E-state index is 12.5. The van der Waals surface area contributed by atoms with E-state index in [1.807, 2.05) is 19.0 Å². The highest BCUT2D eigenvalue weighted by Crippen LogP contribution is 2.47. The molecule has 100 valence electrons. The Kier molecular flexibility index (Phi) is 3.75. The molecule has 0 atom stereocenters. The molecule has 1 aromatic rings. The van der Waals surface area contributed by atoms with Gasteiger partial charge in [-0.05, 0) is 26.9 Å². The lowest BCUT2D eigenvalue weighted by molar-refractivity contribution is 0.0893. The highest BCUT2D eigenvalue weighted by Gasteiger charge is 2.50. The first-order chi connectivity index (χ1) is 8.50. The van der Waals surface area contributed by atoms with Crippen molar-refractivity contribution in [2.45, 2.75) is 19.4 Å². The van der Waals surface area contributed by atoms with Gasteiger partial charge in [0.1, 0.15) is 5.69 Å². The Balaban J connectivity index is 2.21. The van der Waals surface area contributed by atoms with E-state index in [-0.39, 0.29) is 11.2 Å². The third kappa shape index (κ3) is 2.43. The Morgan fingerprint density at radius 2 is 2.28 bits per heavy atom. The molecule has 0 bridgehead atoms. The van der Waals surface area contributed by atoms with E-state index in [2.05, 4.69) is 5.10 Å². The van der Waals surface area contributed by atoms with E-state index < -0.39 is 0 Å². The number of rotatable bonds is 6. The number of Topliss-reactive ketones (excluding diaryl/α,β-unsaturated/α-hetero) is 1. The fourth-order valence-corrected chi connectivity index (χ4v) is 2.21. The van der Waals surface area contributed by atoms with Gasteiger partial charge in [-0.15, -0.1) is 0 Å². The third-order valence-corrected chi connectivity index (χ3v) is 3.77. The number of hydrogen-bond donors (Lipinski definition) is 1. The average molecular weight is 271 g/mol. The van der Waals surface area contributed by atoms with Crippen LogP contribution in [0.25, 0.3) is 0 Å². The largest absolute Gasteiger partial charge is 0.329 e. The Hall–Kier alpha value is -0.910. The van der Waals surface area contributed by atoms with E-state index in [0.29, 0.717) is 23.8 Å². The predicted molar refractivity (Wildman–Crippen MR) is 70.8 cm³/mol. The van der Waals surface area contributed by atoms with E-state index in [4.69, 9.17) is 17.3 Å². The quantitative estimate of drug-likeness (QED) is 0.784. The summed E-state index contributed by atoms with van der Waals surface area (Å²) >= 11 is 6.09. The Morgan fingerprint density at radius 1 is 1.61 bits per heavy atom. The number of hydrogen-bond acceptors (Lipinski definition) is 4. The van der Waals surface area contributed by atoms with Gasteiger partial charge in [-0.25, -0.2) is 0 Å². The monoisotopic (exact) mass is 270 g/mol. The molecule has 2 N–H and O–H groups in total. The van der Waals surface area contributed by atoms with Crippen LogP contribution in [-0.2, 0) is 6.54 Å². The second-order valence-electron chi connectivity index (χ2n) is 5.18. The molecule has 0 saturated heterocycles. The van der Waals surface area contributed by atoms with E-state index >= 15 is 0 Å². The molecule has 1 aliphatic rings. The fraction of sp³-hybridized carbons (Fsp3) is 0.667. The molecule has 0 unspecified atom stereocenters. The molecule has 0 radical (unpaired) electrons. The van der Waals surface area contributed by atoms with Crippen molar-refractivity contribution in [1.82, 2.24) is 14.7 Å². The molecular weight excluding hydrogens is 252 g/mol. The maximum Gasteiger partial charge on any atom is 0.189 e. The minimum Gasteiger partial charge on any atom is -0.329 e. The van der Waals surface area contributed by atoms with E-state index in [9.17, 15) is 4.79 Å². The predicted octanol–water partition coefficient (Wildman–Crippen LogP) is 1.02. The standard InChI is InChI=1S/C12H19ClN4O/c1-16(2)5-6-17-10(9(13)7-15-17)11(18)12(8-14)3-4-12/h7H,3-6,8,14H2,1-2H3. The number of likely N-dealkylation sites (N-methyl/N-ethyl adjacent to an activating group) is 1. The maximum atomic E-state index is 12.5. The smallest absolute Gasteiger partial charge is 0.189 e. The van der Waals surface area contributed by atoms with Gasteiger partial charge in [0.15, 0.2) is 5.78 Å². The minimum absolute atomic E-state index is 0.0475. The summed E-state index contributed by atoms with van der Waals surface area (Å²) in [6.45, 7) is 1.86. The van der Waals surface area contributed by atoms with Gasteiger partial charge in [0.2, 0.25) is 0 Å². The first kappa shape index (κ1) is 13.5. The number of ketones is 1. The normalized spacial score (nSPS) is 17.2. The zero-order valence-corrected chi connectivity index (χ0v) is 11.6. The molecule has 6 heteroatoms. The Bertz CT molecular complexity index is 451. The van der Waals surface area contributed by atoms with Gasteiger partial charge in [0.25, 0.3) is 0 Å². The van der Waals surface area contributed by atoms with Crippen LogP contribution in [0.3, 0.4) is 0 Å². The van der Waals surface area contributed by atoms with Gasteiger partial charge >= 0.3 is 0 Å². The van der Waals surface area contributed by atoms with Gasteiger partial charge in [0.05, 0.1) is 17.8 Å². The van der Waals surface area contributed by atoms with Crippen molar-refractivity contribution in [2.24, 2.45) is 11.1 Å². The van der Waals surface area contributed by atoms with Crippen LogP contribution in [0.15, 0.2) is 6.20 Å². The number of carbonyl (C=O) groups excluding carboxylic acids is 1. The molecule has 18 heavy (non-hydrogen) atoms. The van der Waals surface area contributed by atoms with Crippen LogP contribution in [0.2, 0.25) is 5.02 Å². The third-order valence-electron chi connectivity index (χ3n) is 3.49. The molecule has 0 spiro atoms. The fourth-order valence-electron chi connectivity index (χ4n) is 1.98. The zero-order valence-electron chi connectivity index (χ0n) is 10.8. The molecule has 1 fully saturated rings. The first-order valence-electron chi connectivity index (χ1n) is 6.11. The Morgan fingerprint density at radius 3 is 2.78 bits per heavy atom. The summed E-state index contributed by atoms with van der Waals surface area (Å²) in [7, 11) is 3.96. The van der Waals surface area contributed by atoms with Crippen molar-refractivity contribution >= 4 is 17.4 Å². The second-order valence-corrected chi connectivity index (χ2v) is 5.59. The van der Waals surface area contributed by atoms with Crippen LogP contribution in [0.5, 0.6) is 0 Å². The molecule has 1 saturated carbocycles. The Labute approximate surface area is 112 Å². The van der Waals surface area contributed by atoms with Crippen molar-refractivity contribution in [3.8, 4) is 0 Å². The molecule has 0 amide bonds. The summed E-state index contributed by atoms with van der Waals surface area (Å²) in [4.78, 5) is 14.5. The lowest BCUT2D eigenvalue weighted by Gasteiger charge is -2.15. The van der Waals surface area contributed by atoms with Gasteiger partial charge < -0.3 is 10.6 Å². The molecule has 5 nitrogen and oxygen atoms in total. The molecule has 1 heterocycles. The molecule has 0 aliphatic heterocycles. The summed E-state index contributed by atoms with van der Waals surface area (Å²) in [5.74, 6) is 0.0475. The van der Waals surface area contributed by atoms with Gasteiger partial charge in [-0.2, -0.15) is 5.10 Å². The number of aromatic nitrogens is 2. The van der Waals surface area contributed by atoms with Crippen molar-refractivity contribution in [3.63, 3.8) is 0 Å². The lowest BCUT2D eigenvalue weighted by Crippen LogP contribution is -2.29. The number of nitrogens with two attached hydrogens (primary N) is 1. The summed E-state index contributed by atoms with van der Waals surface area (Å²) in [5, 5.41) is 4.61. The van der Waals surface area contributed by atoms with Crippen molar-refractivity contribution < 1.29 is 4.79 Å². The number of halogens is 1. The van der Waals surface area contributed by atoms with Gasteiger partial charge in [-0.3, -0.25) is 9.48 Å². The second kappa shape index (κ2) is 4.99. The summed E-state index contributed by atoms with van der Waals surface area (Å²) in [6, 6.07) is 0. The highest BCUT2D eigenvalue weighted by molar-refractivity contribution is 6.34. The van der Waals surface area contributed by atoms with E-state index in [1.54, 1.807) is 4.68 Å². The van der Waals surface area contributed by atoms with Crippen molar-refractivity contribution in [3.05, 3.63) is 16.9 Å². The highest BCUT2D eigenvalue weighted by atomic mass is 35.5. The van der Waals surface area contributed by atoms with E-state index in [0.717, 1.165) is 19.4 Å². The van der Waals surface area contributed by atoms with Crippen LogP contribution in [0, 0.1) is 5.41 Å². The summed E-state index contributed by atoms with van der Waals surface area (Å²) in [6.07, 6.45) is 3.26. The van der Waals surface area contributed by atoms with Crippen LogP contribution < -0.4 is 5.73 Å². The van der Waals surface area contributed by atoms with Gasteiger partial charge in [-0.1, -0.05) is 11.6 Å².